The molecule has 0 aromatic carbocycles. The fraction of sp³-hybridized carbons (Fsp3) is 0.429. The van der Waals surface area contributed by atoms with Crippen LogP contribution < -0.4 is 0 Å². The largest absolute Gasteiger partial charge is 0.145 e. The Morgan fingerprint density at radius 1 is 1.67 bits per heavy atom. The number of rotatable bonds is 1. The molecule has 0 aromatic rings. The van der Waals surface area contributed by atoms with Crippen LogP contribution in [0.5, 0.6) is 0 Å². The van der Waals surface area contributed by atoms with Gasteiger partial charge in [-0.3, -0.25) is 0 Å². The van der Waals surface area contributed by atoms with Crippen molar-refractivity contribution in [2.45, 2.75) is 19.8 Å². The first kappa shape index (κ1) is 6.20. The Labute approximate surface area is 54.2 Å². The third-order valence-electron chi connectivity index (χ3n) is 1.38. The second-order valence-electron chi connectivity index (χ2n) is 2.21. The molecule has 0 unspecified atom stereocenters. The maximum Gasteiger partial charge on any atom is 0.0854 e. The predicted octanol–water partition coefficient (Wildman–Crippen LogP) is 2.38. The standard InChI is InChI=1S/C7H9NO/c1-6-3-2-4-7(5-6)8-9/h3,5H,2,4H2,1H3. The fourth-order valence-electron chi connectivity index (χ4n) is 0.914. The molecular formula is C7H9NO. The van der Waals surface area contributed by atoms with Crippen LogP contribution in [0.2, 0.25) is 0 Å². The van der Waals surface area contributed by atoms with E-state index in [9.17, 15) is 4.91 Å². The number of nitroso groups, excluding NO2 is 1. The summed E-state index contributed by atoms with van der Waals surface area (Å²) in [5.41, 5.74) is 1.82. The quantitative estimate of drug-likeness (QED) is 0.492. The Balaban J connectivity index is 2.74. The molecule has 2 nitrogen and oxygen atoms in total. The van der Waals surface area contributed by atoms with Gasteiger partial charge in [0.25, 0.3) is 0 Å². The highest BCUT2D eigenvalue weighted by molar-refractivity contribution is 5.24. The second-order valence-corrected chi connectivity index (χ2v) is 2.21. The lowest BCUT2D eigenvalue weighted by Gasteiger charge is -2.02. The lowest BCUT2D eigenvalue weighted by Crippen LogP contribution is -1.85. The van der Waals surface area contributed by atoms with Gasteiger partial charge in [0.05, 0.1) is 5.70 Å². The van der Waals surface area contributed by atoms with Gasteiger partial charge in [0.1, 0.15) is 0 Å². The van der Waals surface area contributed by atoms with Crippen molar-refractivity contribution in [3.63, 3.8) is 0 Å². The monoisotopic (exact) mass is 123 g/mol. The summed E-state index contributed by atoms with van der Waals surface area (Å²) in [7, 11) is 0. The van der Waals surface area contributed by atoms with Crippen LogP contribution in [0.3, 0.4) is 0 Å². The van der Waals surface area contributed by atoms with E-state index in [1.165, 1.54) is 0 Å². The van der Waals surface area contributed by atoms with E-state index in [1.54, 1.807) is 0 Å². The number of allylic oxidation sites excluding steroid dienone is 4. The molecule has 0 fully saturated rings. The highest BCUT2D eigenvalue weighted by atomic mass is 16.3. The van der Waals surface area contributed by atoms with Crippen LogP contribution in [0, 0.1) is 4.91 Å². The molecule has 0 saturated heterocycles. The first-order chi connectivity index (χ1) is 4.33. The molecule has 0 atom stereocenters. The highest BCUT2D eigenvalue weighted by Gasteiger charge is 2.00. The molecule has 0 amide bonds. The average molecular weight is 123 g/mol. The number of hydrogen-bond donors (Lipinski definition) is 0. The molecule has 1 aliphatic rings. The smallest absolute Gasteiger partial charge is 0.0854 e. The topological polar surface area (TPSA) is 29.4 Å². The van der Waals surface area contributed by atoms with Crippen LogP contribution in [0.1, 0.15) is 19.8 Å². The third kappa shape index (κ3) is 1.49. The van der Waals surface area contributed by atoms with E-state index >= 15 is 0 Å². The first-order valence-electron chi connectivity index (χ1n) is 3.03. The van der Waals surface area contributed by atoms with Gasteiger partial charge in [-0.1, -0.05) is 11.6 Å². The molecule has 0 bridgehead atoms. The summed E-state index contributed by atoms with van der Waals surface area (Å²) in [5, 5.41) is 2.87. The van der Waals surface area contributed by atoms with E-state index in [0.29, 0.717) is 5.70 Å². The Hall–Kier alpha value is -0.920. The van der Waals surface area contributed by atoms with Crippen molar-refractivity contribution < 1.29 is 0 Å². The van der Waals surface area contributed by atoms with Crippen molar-refractivity contribution in [2.75, 3.05) is 0 Å². The van der Waals surface area contributed by atoms with Crippen LogP contribution in [0.15, 0.2) is 28.6 Å². The van der Waals surface area contributed by atoms with Crippen molar-refractivity contribution in [3.05, 3.63) is 28.3 Å². The van der Waals surface area contributed by atoms with E-state index in [1.807, 2.05) is 13.0 Å². The van der Waals surface area contributed by atoms with E-state index < -0.39 is 0 Å². The normalized spacial score (nSPS) is 18.3. The number of hydrogen-bond acceptors (Lipinski definition) is 2. The first-order valence-corrected chi connectivity index (χ1v) is 3.03. The van der Waals surface area contributed by atoms with Gasteiger partial charge in [-0.15, -0.1) is 4.91 Å². The summed E-state index contributed by atoms with van der Waals surface area (Å²) in [6.45, 7) is 1.98. The van der Waals surface area contributed by atoms with Gasteiger partial charge in [-0.25, -0.2) is 0 Å². The Morgan fingerprint density at radius 2 is 2.44 bits per heavy atom. The van der Waals surface area contributed by atoms with E-state index in [4.69, 9.17) is 0 Å². The summed E-state index contributed by atoms with van der Waals surface area (Å²) in [6.07, 6.45) is 5.70. The molecule has 2 heteroatoms. The number of nitrogens with zero attached hydrogens (tertiary/aromatic N) is 1. The molecular weight excluding hydrogens is 114 g/mol. The lowest BCUT2D eigenvalue weighted by atomic mass is 10.1. The molecule has 9 heavy (non-hydrogen) atoms. The Kier molecular flexibility index (Phi) is 1.78. The molecule has 0 heterocycles. The molecule has 0 saturated carbocycles. The molecule has 0 aromatic heterocycles. The zero-order chi connectivity index (χ0) is 6.69. The van der Waals surface area contributed by atoms with E-state index in [0.717, 1.165) is 18.4 Å². The minimum absolute atomic E-state index is 0.676. The zero-order valence-corrected chi connectivity index (χ0v) is 5.42. The highest BCUT2D eigenvalue weighted by Crippen LogP contribution is 2.16. The van der Waals surface area contributed by atoms with Crippen molar-refractivity contribution in [3.8, 4) is 0 Å². The van der Waals surface area contributed by atoms with Crippen molar-refractivity contribution in [1.82, 2.24) is 0 Å². The van der Waals surface area contributed by atoms with Crippen molar-refractivity contribution in [2.24, 2.45) is 5.18 Å². The van der Waals surface area contributed by atoms with Crippen LogP contribution in [0.25, 0.3) is 0 Å². The van der Waals surface area contributed by atoms with Crippen molar-refractivity contribution >= 4 is 0 Å². The summed E-state index contributed by atoms with van der Waals surface area (Å²) >= 11 is 0. The van der Waals surface area contributed by atoms with Gasteiger partial charge >= 0.3 is 0 Å². The molecule has 0 N–H and O–H groups in total. The van der Waals surface area contributed by atoms with Crippen LogP contribution in [0.4, 0.5) is 0 Å². The summed E-state index contributed by atoms with van der Waals surface area (Å²) < 4.78 is 0. The zero-order valence-electron chi connectivity index (χ0n) is 5.42. The fourth-order valence-corrected chi connectivity index (χ4v) is 0.914. The van der Waals surface area contributed by atoms with E-state index in [-0.39, 0.29) is 0 Å². The summed E-state index contributed by atoms with van der Waals surface area (Å²) in [6, 6.07) is 0. The van der Waals surface area contributed by atoms with E-state index in [2.05, 4.69) is 11.3 Å². The van der Waals surface area contributed by atoms with Gasteiger partial charge in [0.15, 0.2) is 0 Å². The summed E-state index contributed by atoms with van der Waals surface area (Å²) in [5.74, 6) is 0. The predicted molar refractivity (Wildman–Crippen MR) is 36.9 cm³/mol. The molecule has 1 aliphatic carbocycles. The van der Waals surface area contributed by atoms with Gasteiger partial charge in [0.2, 0.25) is 0 Å². The Morgan fingerprint density at radius 3 is 2.89 bits per heavy atom. The van der Waals surface area contributed by atoms with Crippen LogP contribution in [-0.4, -0.2) is 0 Å². The molecule has 0 aliphatic heterocycles. The SMILES string of the molecule is CC1=CCCC(N=O)=C1. The molecule has 1 rings (SSSR count). The minimum atomic E-state index is 0.676. The maximum atomic E-state index is 9.96. The average Bonchev–Trinajstić information content (AvgIpc) is 1.88. The Bertz CT molecular complexity index is 179. The minimum Gasteiger partial charge on any atom is -0.145 e. The lowest BCUT2D eigenvalue weighted by molar-refractivity contribution is 0.925. The van der Waals surface area contributed by atoms with Gasteiger partial charge in [0, 0.05) is 0 Å². The third-order valence-corrected chi connectivity index (χ3v) is 1.38. The van der Waals surface area contributed by atoms with Crippen molar-refractivity contribution in [1.29, 1.82) is 0 Å². The van der Waals surface area contributed by atoms with Crippen LogP contribution in [-0.2, 0) is 0 Å². The summed E-state index contributed by atoms with van der Waals surface area (Å²) in [4.78, 5) is 9.96. The van der Waals surface area contributed by atoms with Gasteiger partial charge in [-0.05, 0) is 31.0 Å². The van der Waals surface area contributed by atoms with Gasteiger partial charge in [-0.2, -0.15) is 0 Å². The second kappa shape index (κ2) is 2.58. The van der Waals surface area contributed by atoms with Gasteiger partial charge < -0.3 is 0 Å². The maximum absolute atomic E-state index is 9.96. The molecule has 0 radical (unpaired) electrons. The van der Waals surface area contributed by atoms with Crippen LogP contribution >= 0.6 is 0 Å². The molecule has 0 spiro atoms. The molecule has 48 valence electrons.